The van der Waals surface area contributed by atoms with Gasteiger partial charge in [0.15, 0.2) is 0 Å². The second kappa shape index (κ2) is 5.71. The van der Waals surface area contributed by atoms with Crippen molar-refractivity contribution in [2.75, 3.05) is 0 Å². The molecule has 1 N–H and O–H groups in total. The molecule has 100 valence electrons. The number of nitrogens with one attached hydrogen (secondary N) is 1. The highest BCUT2D eigenvalue weighted by atomic mass is 35.7. The SMILES string of the molecule is CCc1ccc(C(=O)NC(C)C)cc1S(=O)(=O)Cl. The summed E-state index contributed by atoms with van der Waals surface area (Å²) in [6.07, 6.45) is 0.535. The maximum absolute atomic E-state index is 11.8. The summed E-state index contributed by atoms with van der Waals surface area (Å²) >= 11 is 0. The Balaban J connectivity index is 3.23. The number of halogens is 1. The zero-order chi connectivity index (χ0) is 13.9. The molecule has 0 fully saturated rings. The third-order valence-corrected chi connectivity index (χ3v) is 3.80. The van der Waals surface area contributed by atoms with Crippen molar-refractivity contribution in [1.82, 2.24) is 5.32 Å². The van der Waals surface area contributed by atoms with Crippen LogP contribution >= 0.6 is 10.7 Å². The van der Waals surface area contributed by atoms with E-state index in [4.69, 9.17) is 10.7 Å². The molecule has 0 radical (unpaired) electrons. The van der Waals surface area contributed by atoms with Crippen molar-refractivity contribution in [3.05, 3.63) is 29.3 Å². The fraction of sp³-hybridized carbons (Fsp3) is 0.417. The number of carbonyl (C=O) groups excluding carboxylic acids is 1. The van der Waals surface area contributed by atoms with E-state index in [2.05, 4.69) is 5.32 Å². The standard InChI is InChI=1S/C12H16ClNO3S/c1-4-9-5-6-10(12(15)14-8(2)3)7-11(9)18(13,16)17/h5-8H,4H2,1-3H3,(H,14,15). The third-order valence-electron chi connectivity index (χ3n) is 2.39. The Bertz CT molecular complexity index is 552. The maximum atomic E-state index is 11.8. The molecule has 6 heteroatoms. The summed E-state index contributed by atoms with van der Waals surface area (Å²) in [4.78, 5) is 11.8. The Morgan fingerprint density at radius 3 is 2.44 bits per heavy atom. The van der Waals surface area contributed by atoms with Gasteiger partial charge in [-0.25, -0.2) is 8.42 Å². The number of carbonyl (C=O) groups is 1. The first-order valence-corrected chi connectivity index (χ1v) is 7.95. The van der Waals surface area contributed by atoms with Crippen LogP contribution in [0.25, 0.3) is 0 Å². The molecule has 0 aliphatic carbocycles. The molecule has 0 unspecified atom stereocenters. The van der Waals surface area contributed by atoms with E-state index in [1.165, 1.54) is 6.07 Å². The van der Waals surface area contributed by atoms with Crippen LogP contribution in [-0.2, 0) is 15.5 Å². The first-order valence-electron chi connectivity index (χ1n) is 5.64. The molecule has 1 aromatic rings. The van der Waals surface area contributed by atoms with Gasteiger partial charge in [-0.15, -0.1) is 0 Å². The predicted octanol–water partition coefficient (Wildman–Crippen LogP) is 2.31. The number of hydrogen-bond acceptors (Lipinski definition) is 3. The zero-order valence-corrected chi connectivity index (χ0v) is 12.1. The van der Waals surface area contributed by atoms with Crippen molar-refractivity contribution < 1.29 is 13.2 Å². The lowest BCUT2D eigenvalue weighted by atomic mass is 10.1. The number of benzene rings is 1. The van der Waals surface area contributed by atoms with Gasteiger partial charge >= 0.3 is 0 Å². The highest BCUT2D eigenvalue weighted by Gasteiger charge is 2.17. The van der Waals surface area contributed by atoms with Gasteiger partial charge in [0.05, 0.1) is 4.90 Å². The van der Waals surface area contributed by atoms with Crippen molar-refractivity contribution in [2.45, 2.75) is 38.1 Å². The van der Waals surface area contributed by atoms with Gasteiger partial charge in [0.25, 0.3) is 15.0 Å². The molecule has 0 spiro atoms. The Morgan fingerprint density at radius 1 is 1.39 bits per heavy atom. The number of aryl methyl sites for hydroxylation is 1. The molecule has 18 heavy (non-hydrogen) atoms. The molecule has 0 aliphatic heterocycles. The first kappa shape index (κ1) is 15.0. The molecule has 4 nitrogen and oxygen atoms in total. The highest BCUT2D eigenvalue weighted by molar-refractivity contribution is 8.13. The van der Waals surface area contributed by atoms with Crippen molar-refractivity contribution in [3.8, 4) is 0 Å². The Kier molecular flexibility index (Phi) is 4.76. The summed E-state index contributed by atoms with van der Waals surface area (Å²) in [6.45, 7) is 5.49. The monoisotopic (exact) mass is 289 g/mol. The maximum Gasteiger partial charge on any atom is 0.261 e. The van der Waals surface area contributed by atoms with Gasteiger partial charge in [0.1, 0.15) is 0 Å². The van der Waals surface area contributed by atoms with Gasteiger partial charge < -0.3 is 5.32 Å². The van der Waals surface area contributed by atoms with Gasteiger partial charge in [-0.3, -0.25) is 4.79 Å². The van der Waals surface area contributed by atoms with Gasteiger partial charge in [0, 0.05) is 22.3 Å². The van der Waals surface area contributed by atoms with Crippen LogP contribution in [0.3, 0.4) is 0 Å². The molecule has 0 aliphatic rings. The van der Waals surface area contributed by atoms with E-state index < -0.39 is 9.05 Å². The minimum absolute atomic E-state index is 0.00285. The van der Waals surface area contributed by atoms with Crippen molar-refractivity contribution in [2.24, 2.45) is 0 Å². The minimum Gasteiger partial charge on any atom is -0.350 e. The van der Waals surface area contributed by atoms with Crippen LogP contribution < -0.4 is 5.32 Å². The summed E-state index contributed by atoms with van der Waals surface area (Å²) in [6, 6.07) is 4.52. The molecule has 0 saturated heterocycles. The minimum atomic E-state index is -3.84. The zero-order valence-electron chi connectivity index (χ0n) is 10.5. The van der Waals surface area contributed by atoms with Crippen LogP contribution in [0.5, 0.6) is 0 Å². The average molecular weight is 290 g/mol. The van der Waals surface area contributed by atoms with E-state index in [9.17, 15) is 13.2 Å². The highest BCUT2D eigenvalue weighted by Crippen LogP contribution is 2.22. The van der Waals surface area contributed by atoms with E-state index in [1.807, 2.05) is 20.8 Å². The normalized spacial score (nSPS) is 11.6. The summed E-state index contributed by atoms with van der Waals surface area (Å²) in [5.41, 5.74) is 0.895. The lowest BCUT2D eigenvalue weighted by Crippen LogP contribution is -2.30. The quantitative estimate of drug-likeness (QED) is 0.865. The van der Waals surface area contributed by atoms with E-state index in [0.29, 0.717) is 17.5 Å². The van der Waals surface area contributed by atoms with Gasteiger partial charge in [-0.2, -0.15) is 0 Å². The smallest absolute Gasteiger partial charge is 0.261 e. The molecule has 0 atom stereocenters. The molecule has 1 aromatic carbocycles. The lowest BCUT2D eigenvalue weighted by Gasteiger charge is -2.10. The molecule has 0 aromatic heterocycles. The fourth-order valence-electron chi connectivity index (χ4n) is 1.56. The summed E-state index contributed by atoms with van der Waals surface area (Å²) in [5.74, 6) is -0.311. The molecule has 0 bridgehead atoms. The molecule has 0 saturated carbocycles. The van der Waals surface area contributed by atoms with E-state index in [-0.39, 0.29) is 16.8 Å². The van der Waals surface area contributed by atoms with E-state index in [1.54, 1.807) is 12.1 Å². The van der Waals surface area contributed by atoms with Crippen LogP contribution in [0, 0.1) is 0 Å². The van der Waals surface area contributed by atoms with Gasteiger partial charge in [-0.05, 0) is 38.0 Å². The molecule has 1 rings (SSSR count). The molecule has 0 heterocycles. The van der Waals surface area contributed by atoms with Crippen molar-refractivity contribution in [1.29, 1.82) is 0 Å². The van der Waals surface area contributed by atoms with Crippen LogP contribution in [0.4, 0.5) is 0 Å². The number of amides is 1. The Labute approximate surface area is 112 Å². The van der Waals surface area contributed by atoms with Crippen molar-refractivity contribution in [3.63, 3.8) is 0 Å². The summed E-state index contributed by atoms with van der Waals surface area (Å²) in [7, 11) is 1.53. The summed E-state index contributed by atoms with van der Waals surface area (Å²) < 4.78 is 22.9. The molecular weight excluding hydrogens is 274 g/mol. The largest absolute Gasteiger partial charge is 0.350 e. The first-order chi connectivity index (χ1) is 8.25. The van der Waals surface area contributed by atoms with Crippen LogP contribution in [-0.4, -0.2) is 20.4 Å². The van der Waals surface area contributed by atoms with Crippen molar-refractivity contribution >= 4 is 25.6 Å². The molecule has 1 amide bonds. The fourth-order valence-corrected chi connectivity index (χ4v) is 2.78. The van der Waals surface area contributed by atoms with E-state index >= 15 is 0 Å². The predicted molar refractivity (Wildman–Crippen MR) is 71.5 cm³/mol. The third kappa shape index (κ3) is 3.71. The Morgan fingerprint density at radius 2 is 2.00 bits per heavy atom. The van der Waals surface area contributed by atoms with E-state index in [0.717, 1.165) is 0 Å². The topological polar surface area (TPSA) is 63.2 Å². The second-order valence-corrected chi connectivity index (χ2v) is 6.78. The van der Waals surface area contributed by atoms with Gasteiger partial charge in [0.2, 0.25) is 0 Å². The summed E-state index contributed by atoms with van der Waals surface area (Å²) in [5, 5.41) is 2.70. The van der Waals surface area contributed by atoms with Crippen LogP contribution in [0.1, 0.15) is 36.7 Å². The van der Waals surface area contributed by atoms with Gasteiger partial charge in [-0.1, -0.05) is 13.0 Å². The van der Waals surface area contributed by atoms with Crippen LogP contribution in [0.2, 0.25) is 0 Å². The molecular formula is C12H16ClNO3S. The average Bonchev–Trinajstić information content (AvgIpc) is 2.26. The Hall–Kier alpha value is -1.07. The number of rotatable bonds is 4. The number of hydrogen-bond donors (Lipinski definition) is 1. The van der Waals surface area contributed by atoms with Crippen LogP contribution in [0.15, 0.2) is 23.1 Å². The lowest BCUT2D eigenvalue weighted by molar-refractivity contribution is 0.0943. The second-order valence-electron chi connectivity index (χ2n) is 4.24.